The van der Waals surface area contributed by atoms with Crippen molar-refractivity contribution in [3.05, 3.63) is 34.9 Å². The van der Waals surface area contributed by atoms with Crippen molar-refractivity contribution < 1.29 is 5.11 Å². The quantitative estimate of drug-likeness (QED) is 0.838. The predicted molar refractivity (Wildman–Crippen MR) is 62.0 cm³/mol. The molecule has 0 aliphatic heterocycles. The number of rotatable bonds is 4. The predicted octanol–water partition coefficient (Wildman–Crippen LogP) is 1.87. The summed E-state index contributed by atoms with van der Waals surface area (Å²) in [4.78, 5) is 0. The first-order chi connectivity index (χ1) is 6.26. The minimum atomic E-state index is 0. The maximum absolute atomic E-state index is 8.94. The molecule has 0 spiro atoms. The summed E-state index contributed by atoms with van der Waals surface area (Å²) in [6, 6.07) is 7.62. The van der Waals surface area contributed by atoms with E-state index in [9.17, 15) is 0 Å². The van der Waals surface area contributed by atoms with Crippen LogP contribution in [0.2, 0.25) is 5.02 Å². The highest BCUT2D eigenvalue weighted by Gasteiger charge is 2.05. The van der Waals surface area contributed by atoms with Crippen molar-refractivity contribution in [1.29, 1.82) is 0 Å². The Hall–Kier alpha value is -0.280. The van der Waals surface area contributed by atoms with E-state index in [0.717, 1.165) is 17.0 Å². The topological polar surface area (TPSA) is 46.2 Å². The fourth-order valence-corrected chi connectivity index (χ4v) is 1.30. The first kappa shape index (κ1) is 13.7. The van der Waals surface area contributed by atoms with Gasteiger partial charge in [0.25, 0.3) is 0 Å². The Labute approximate surface area is 95.5 Å². The molecule has 1 rings (SSSR count). The Bertz CT molecular complexity index is 247. The van der Waals surface area contributed by atoms with E-state index in [1.807, 2.05) is 24.3 Å². The van der Waals surface area contributed by atoms with E-state index >= 15 is 0 Å². The molecule has 1 aromatic carbocycles. The van der Waals surface area contributed by atoms with Gasteiger partial charge >= 0.3 is 0 Å². The summed E-state index contributed by atoms with van der Waals surface area (Å²) < 4.78 is 0. The molecule has 0 aromatic heterocycles. The highest BCUT2D eigenvalue weighted by Crippen LogP contribution is 2.12. The maximum Gasteiger partial charge on any atom is 0.0474 e. The standard InChI is InChI=1S/C10H14ClNO.ClH/c11-10-3-1-8(2-4-10)5-9(6-12)7-13;/h1-4,9,13H,5-7,12H2;1H. The SMILES string of the molecule is Cl.NCC(CO)Cc1ccc(Cl)cc1. The normalized spacial score (nSPS) is 11.9. The number of hydrogen-bond donors (Lipinski definition) is 2. The van der Waals surface area contributed by atoms with E-state index in [-0.39, 0.29) is 24.9 Å². The Morgan fingerprint density at radius 2 is 1.86 bits per heavy atom. The molecule has 1 aromatic rings. The molecular weight excluding hydrogens is 221 g/mol. The van der Waals surface area contributed by atoms with Crippen LogP contribution in [0.3, 0.4) is 0 Å². The first-order valence-electron chi connectivity index (χ1n) is 4.31. The number of hydrogen-bond acceptors (Lipinski definition) is 2. The molecule has 4 heteroatoms. The molecule has 0 saturated heterocycles. The summed E-state index contributed by atoms with van der Waals surface area (Å²) in [5, 5.41) is 9.67. The molecule has 0 aliphatic carbocycles. The Morgan fingerprint density at radius 3 is 2.29 bits per heavy atom. The second kappa shape index (κ2) is 7.07. The molecule has 3 N–H and O–H groups in total. The minimum absolute atomic E-state index is 0. The Morgan fingerprint density at radius 1 is 1.29 bits per heavy atom. The molecule has 80 valence electrons. The zero-order valence-corrected chi connectivity index (χ0v) is 9.39. The van der Waals surface area contributed by atoms with Gasteiger partial charge in [-0.3, -0.25) is 0 Å². The third-order valence-electron chi connectivity index (χ3n) is 2.03. The molecule has 0 aliphatic rings. The van der Waals surface area contributed by atoms with Crippen LogP contribution in [0.25, 0.3) is 0 Å². The van der Waals surface area contributed by atoms with Crippen molar-refractivity contribution in [1.82, 2.24) is 0 Å². The smallest absolute Gasteiger partial charge is 0.0474 e. The molecule has 1 unspecified atom stereocenters. The number of nitrogens with two attached hydrogens (primary N) is 1. The Balaban J connectivity index is 0.00000169. The van der Waals surface area contributed by atoms with Crippen molar-refractivity contribution >= 4 is 24.0 Å². The first-order valence-corrected chi connectivity index (χ1v) is 4.69. The molecule has 0 radical (unpaired) electrons. The average molecular weight is 236 g/mol. The van der Waals surface area contributed by atoms with Crippen LogP contribution in [0, 0.1) is 5.92 Å². The zero-order valence-electron chi connectivity index (χ0n) is 7.82. The summed E-state index contributed by atoms with van der Waals surface area (Å²) >= 11 is 5.74. The summed E-state index contributed by atoms with van der Waals surface area (Å²) in [5.74, 6) is 0.154. The van der Waals surface area contributed by atoms with Gasteiger partial charge in [-0.05, 0) is 36.6 Å². The van der Waals surface area contributed by atoms with E-state index in [1.165, 1.54) is 0 Å². The fourth-order valence-electron chi connectivity index (χ4n) is 1.18. The van der Waals surface area contributed by atoms with Gasteiger partial charge in [0.1, 0.15) is 0 Å². The summed E-state index contributed by atoms with van der Waals surface area (Å²) in [5.41, 5.74) is 6.64. The highest BCUT2D eigenvalue weighted by molar-refractivity contribution is 6.30. The molecule has 1 atom stereocenters. The van der Waals surface area contributed by atoms with E-state index in [2.05, 4.69) is 0 Å². The van der Waals surface area contributed by atoms with Gasteiger partial charge in [-0.15, -0.1) is 12.4 Å². The van der Waals surface area contributed by atoms with Gasteiger partial charge in [0.05, 0.1) is 0 Å². The van der Waals surface area contributed by atoms with E-state index in [4.69, 9.17) is 22.4 Å². The average Bonchev–Trinajstić information content (AvgIpc) is 2.17. The van der Waals surface area contributed by atoms with Crippen molar-refractivity contribution in [3.8, 4) is 0 Å². The van der Waals surface area contributed by atoms with Crippen LogP contribution in [-0.2, 0) is 6.42 Å². The van der Waals surface area contributed by atoms with Crippen LogP contribution in [-0.4, -0.2) is 18.3 Å². The fraction of sp³-hybridized carbons (Fsp3) is 0.400. The van der Waals surface area contributed by atoms with E-state index in [1.54, 1.807) is 0 Å². The van der Waals surface area contributed by atoms with Crippen LogP contribution in [0.5, 0.6) is 0 Å². The van der Waals surface area contributed by atoms with Crippen LogP contribution >= 0.6 is 24.0 Å². The van der Waals surface area contributed by atoms with E-state index in [0.29, 0.717) is 6.54 Å². The van der Waals surface area contributed by atoms with Gasteiger partial charge in [0.15, 0.2) is 0 Å². The molecule has 2 nitrogen and oxygen atoms in total. The summed E-state index contributed by atoms with van der Waals surface area (Å²) in [7, 11) is 0. The van der Waals surface area contributed by atoms with Crippen molar-refractivity contribution in [2.45, 2.75) is 6.42 Å². The lowest BCUT2D eigenvalue weighted by Crippen LogP contribution is -2.20. The van der Waals surface area contributed by atoms with Crippen LogP contribution in [0.4, 0.5) is 0 Å². The molecule has 0 saturated carbocycles. The molecule has 0 bridgehead atoms. The number of aliphatic hydroxyl groups is 1. The van der Waals surface area contributed by atoms with E-state index < -0.39 is 0 Å². The molecule has 0 amide bonds. The van der Waals surface area contributed by atoms with Gasteiger partial charge in [0.2, 0.25) is 0 Å². The summed E-state index contributed by atoms with van der Waals surface area (Å²) in [6.07, 6.45) is 0.810. The second-order valence-corrected chi connectivity index (χ2v) is 3.55. The number of halogens is 2. The van der Waals surface area contributed by atoms with Gasteiger partial charge in [-0.2, -0.15) is 0 Å². The molecule has 14 heavy (non-hydrogen) atoms. The number of aliphatic hydroxyl groups excluding tert-OH is 1. The van der Waals surface area contributed by atoms with Gasteiger partial charge in [-0.25, -0.2) is 0 Å². The van der Waals surface area contributed by atoms with Gasteiger partial charge < -0.3 is 10.8 Å². The molecule has 0 heterocycles. The van der Waals surface area contributed by atoms with Crippen LogP contribution in [0.1, 0.15) is 5.56 Å². The summed E-state index contributed by atoms with van der Waals surface area (Å²) in [6.45, 7) is 0.651. The van der Waals surface area contributed by atoms with Crippen LogP contribution in [0.15, 0.2) is 24.3 Å². The third kappa shape index (κ3) is 4.29. The lowest BCUT2D eigenvalue weighted by molar-refractivity contribution is 0.230. The van der Waals surface area contributed by atoms with Crippen molar-refractivity contribution in [2.24, 2.45) is 11.7 Å². The lowest BCUT2D eigenvalue weighted by Gasteiger charge is -2.10. The highest BCUT2D eigenvalue weighted by atomic mass is 35.5. The maximum atomic E-state index is 8.94. The van der Waals surface area contributed by atoms with Gasteiger partial charge in [-0.1, -0.05) is 23.7 Å². The second-order valence-electron chi connectivity index (χ2n) is 3.11. The largest absolute Gasteiger partial charge is 0.396 e. The minimum Gasteiger partial charge on any atom is -0.396 e. The Kier molecular flexibility index (Phi) is 6.93. The van der Waals surface area contributed by atoms with Crippen molar-refractivity contribution in [3.63, 3.8) is 0 Å². The monoisotopic (exact) mass is 235 g/mol. The lowest BCUT2D eigenvalue weighted by atomic mass is 10.0. The third-order valence-corrected chi connectivity index (χ3v) is 2.28. The van der Waals surface area contributed by atoms with Crippen molar-refractivity contribution in [2.75, 3.05) is 13.2 Å². The van der Waals surface area contributed by atoms with Gasteiger partial charge in [0, 0.05) is 11.6 Å². The van der Waals surface area contributed by atoms with Crippen LogP contribution < -0.4 is 5.73 Å². The number of benzene rings is 1. The zero-order chi connectivity index (χ0) is 9.68. The molecular formula is C10H15Cl2NO. The molecule has 0 fully saturated rings.